The molecule has 2 aliphatic rings. The van der Waals surface area contributed by atoms with Gasteiger partial charge < -0.3 is 9.73 Å². The highest BCUT2D eigenvalue weighted by molar-refractivity contribution is 5.40. The zero-order chi connectivity index (χ0) is 12.8. The standard InChI is InChI=1S/C17H19NO/c1-18-17(14-7-4-10-19-14)16-13-9-8-11-5-2-3-6-12(11)15(13)16/h2-7,10,13,15-18H,8-9H2,1H3. The molecule has 0 aliphatic heterocycles. The topological polar surface area (TPSA) is 25.2 Å². The summed E-state index contributed by atoms with van der Waals surface area (Å²) in [6.07, 6.45) is 4.34. The predicted molar refractivity (Wildman–Crippen MR) is 75.0 cm³/mol. The van der Waals surface area contributed by atoms with E-state index < -0.39 is 0 Å². The molecule has 1 heterocycles. The minimum Gasteiger partial charge on any atom is -0.468 e. The first-order valence-corrected chi connectivity index (χ1v) is 7.18. The van der Waals surface area contributed by atoms with E-state index in [0.717, 1.165) is 17.6 Å². The second kappa shape index (κ2) is 4.24. The van der Waals surface area contributed by atoms with Crippen molar-refractivity contribution >= 4 is 0 Å². The molecule has 0 saturated heterocycles. The van der Waals surface area contributed by atoms with Crippen LogP contribution in [0, 0.1) is 11.8 Å². The molecule has 2 aliphatic carbocycles. The lowest BCUT2D eigenvalue weighted by molar-refractivity contribution is 0.385. The summed E-state index contributed by atoms with van der Waals surface area (Å²) in [6, 6.07) is 13.4. The van der Waals surface area contributed by atoms with Crippen LogP contribution in [0.5, 0.6) is 0 Å². The lowest BCUT2D eigenvalue weighted by Crippen LogP contribution is -2.19. The van der Waals surface area contributed by atoms with Crippen LogP contribution in [0.2, 0.25) is 0 Å². The van der Waals surface area contributed by atoms with Gasteiger partial charge in [0, 0.05) is 0 Å². The van der Waals surface area contributed by atoms with Crippen LogP contribution in [0.1, 0.15) is 35.3 Å². The number of furan rings is 1. The summed E-state index contributed by atoms with van der Waals surface area (Å²) < 4.78 is 5.62. The van der Waals surface area contributed by atoms with Gasteiger partial charge >= 0.3 is 0 Å². The van der Waals surface area contributed by atoms with Gasteiger partial charge in [-0.15, -0.1) is 0 Å². The average Bonchev–Trinajstić information content (AvgIpc) is 2.92. The summed E-state index contributed by atoms with van der Waals surface area (Å²) in [5.74, 6) is 3.34. The van der Waals surface area contributed by atoms with Gasteiger partial charge in [0.2, 0.25) is 0 Å². The Labute approximate surface area is 113 Å². The predicted octanol–water partition coefficient (Wildman–Crippen LogP) is 3.52. The summed E-state index contributed by atoms with van der Waals surface area (Å²) in [6.45, 7) is 0. The van der Waals surface area contributed by atoms with E-state index in [1.165, 1.54) is 12.8 Å². The van der Waals surface area contributed by atoms with Crippen LogP contribution in [-0.4, -0.2) is 7.05 Å². The van der Waals surface area contributed by atoms with E-state index in [9.17, 15) is 0 Å². The third kappa shape index (κ3) is 1.67. The Morgan fingerprint density at radius 2 is 2.11 bits per heavy atom. The van der Waals surface area contributed by atoms with Crippen molar-refractivity contribution in [3.63, 3.8) is 0 Å². The molecule has 4 atom stereocenters. The number of hydrogen-bond acceptors (Lipinski definition) is 2. The molecule has 1 aromatic heterocycles. The van der Waals surface area contributed by atoms with Gasteiger partial charge in [0.05, 0.1) is 12.3 Å². The first-order valence-electron chi connectivity index (χ1n) is 7.18. The molecule has 0 radical (unpaired) electrons. The Bertz CT molecular complexity index is 575. The fourth-order valence-corrected chi connectivity index (χ4v) is 4.07. The molecule has 1 aromatic carbocycles. The van der Waals surface area contributed by atoms with E-state index >= 15 is 0 Å². The Morgan fingerprint density at radius 3 is 2.89 bits per heavy atom. The van der Waals surface area contributed by atoms with Crippen molar-refractivity contribution < 1.29 is 4.42 Å². The first kappa shape index (κ1) is 11.3. The number of aryl methyl sites for hydroxylation is 1. The van der Waals surface area contributed by atoms with Crippen LogP contribution in [0.4, 0.5) is 0 Å². The Hall–Kier alpha value is -1.54. The highest BCUT2D eigenvalue weighted by Gasteiger charge is 2.56. The summed E-state index contributed by atoms with van der Waals surface area (Å²) in [7, 11) is 2.05. The second-order valence-corrected chi connectivity index (χ2v) is 5.79. The van der Waals surface area contributed by atoms with E-state index in [4.69, 9.17) is 4.42 Å². The molecular weight excluding hydrogens is 234 g/mol. The van der Waals surface area contributed by atoms with Gasteiger partial charge in [0.15, 0.2) is 0 Å². The number of benzene rings is 1. The van der Waals surface area contributed by atoms with Crippen molar-refractivity contribution in [1.82, 2.24) is 5.32 Å². The van der Waals surface area contributed by atoms with Gasteiger partial charge in [-0.2, -0.15) is 0 Å². The highest BCUT2D eigenvalue weighted by atomic mass is 16.3. The van der Waals surface area contributed by atoms with Gasteiger partial charge in [0.25, 0.3) is 0 Å². The maximum atomic E-state index is 5.62. The molecule has 2 nitrogen and oxygen atoms in total. The molecule has 2 heteroatoms. The maximum absolute atomic E-state index is 5.62. The molecule has 1 N–H and O–H groups in total. The van der Waals surface area contributed by atoms with Crippen molar-refractivity contribution in [3.8, 4) is 0 Å². The third-order valence-electron chi connectivity index (χ3n) is 4.94. The minimum atomic E-state index is 0.358. The SMILES string of the molecule is CNC(c1ccco1)C1C2CCc3ccccc3C21. The molecule has 0 amide bonds. The normalized spacial score (nSPS) is 29.4. The first-order chi connectivity index (χ1) is 9.40. The molecule has 4 rings (SSSR count). The lowest BCUT2D eigenvalue weighted by Gasteiger charge is -2.14. The molecule has 19 heavy (non-hydrogen) atoms. The van der Waals surface area contributed by atoms with Crippen molar-refractivity contribution in [2.45, 2.75) is 24.8 Å². The summed E-state index contributed by atoms with van der Waals surface area (Å²) in [5.41, 5.74) is 3.14. The van der Waals surface area contributed by atoms with E-state index in [1.807, 2.05) is 13.1 Å². The van der Waals surface area contributed by atoms with Crippen molar-refractivity contribution in [1.29, 1.82) is 0 Å². The Kier molecular flexibility index (Phi) is 2.52. The quantitative estimate of drug-likeness (QED) is 0.905. The molecule has 4 unspecified atom stereocenters. The maximum Gasteiger partial charge on any atom is 0.120 e. The number of rotatable bonds is 3. The van der Waals surface area contributed by atoms with Crippen LogP contribution in [0.25, 0.3) is 0 Å². The fourth-order valence-electron chi connectivity index (χ4n) is 4.07. The molecule has 98 valence electrons. The van der Waals surface area contributed by atoms with Crippen LogP contribution in [0.15, 0.2) is 47.1 Å². The molecule has 1 saturated carbocycles. The van der Waals surface area contributed by atoms with Gasteiger partial charge in [-0.1, -0.05) is 24.3 Å². The highest BCUT2D eigenvalue weighted by Crippen LogP contribution is 2.64. The largest absolute Gasteiger partial charge is 0.468 e. The zero-order valence-electron chi connectivity index (χ0n) is 11.2. The summed E-state index contributed by atoms with van der Waals surface area (Å²) in [5, 5.41) is 3.46. The second-order valence-electron chi connectivity index (χ2n) is 5.79. The van der Waals surface area contributed by atoms with Gasteiger partial charge in [-0.05, 0) is 60.9 Å². The van der Waals surface area contributed by atoms with Crippen LogP contribution >= 0.6 is 0 Å². The number of hydrogen-bond donors (Lipinski definition) is 1. The molecule has 0 spiro atoms. The van der Waals surface area contributed by atoms with Crippen LogP contribution in [0.3, 0.4) is 0 Å². The van der Waals surface area contributed by atoms with E-state index in [1.54, 1.807) is 17.4 Å². The van der Waals surface area contributed by atoms with E-state index in [-0.39, 0.29) is 0 Å². The smallest absolute Gasteiger partial charge is 0.120 e. The molecule has 0 bridgehead atoms. The number of fused-ring (bicyclic) bond motifs is 3. The van der Waals surface area contributed by atoms with Gasteiger partial charge in [-0.25, -0.2) is 0 Å². The van der Waals surface area contributed by atoms with Crippen molar-refractivity contribution in [2.24, 2.45) is 11.8 Å². The molecule has 1 fully saturated rings. The fraction of sp³-hybridized carbons (Fsp3) is 0.412. The third-order valence-corrected chi connectivity index (χ3v) is 4.94. The summed E-state index contributed by atoms with van der Waals surface area (Å²) >= 11 is 0. The minimum absolute atomic E-state index is 0.358. The van der Waals surface area contributed by atoms with Crippen LogP contribution in [-0.2, 0) is 6.42 Å². The summed E-state index contributed by atoms with van der Waals surface area (Å²) in [4.78, 5) is 0. The van der Waals surface area contributed by atoms with Crippen LogP contribution < -0.4 is 5.32 Å². The Morgan fingerprint density at radius 1 is 1.21 bits per heavy atom. The van der Waals surface area contributed by atoms with E-state index in [2.05, 4.69) is 35.6 Å². The van der Waals surface area contributed by atoms with Gasteiger partial charge in [-0.3, -0.25) is 0 Å². The van der Waals surface area contributed by atoms with E-state index in [0.29, 0.717) is 12.0 Å². The average molecular weight is 253 g/mol. The molecular formula is C17H19NO. The van der Waals surface area contributed by atoms with Crippen molar-refractivity contribution in [3.05, 3.63) is 59.5 Å². The monoisotopic (exact) mass is 253 g/mol. The zero-order valence-corrected chi connectivity index (χ0v) is 11.2. The number of nitrogens with one attached hydrogen (secondary N) is 1. The van der Waals surface area contributed by atoms with Gasteiger partial charge in [0.1, 0.15) is 5.76 Å². The molecule has 2 aromatic rings. The Balaban J connectivity index is 1.66. The van der Waals surface area contributed by atoms with Crippen molar-refractivity contribution in [2.75, 3.05) is 7.05 Å². The lowest BCUT2D eigenvalue weighted by atomic mass is 9.92.